The molecule has 0 aliphatic carbocycles. The summed E-state index contributed by atoms with van der Waals surface area (Å²) in [5.41, 5.74) is 4.61. The van der Waals surface area contributed by atoms with E-state index in [-0.39, 0.29) is 23.3 Å². The SMILES string of the molecule is Cc1ccc(NC(=O)CSc2nc3sc4c(c3c(=O)n2-c2ccccc2C)C[C@H](C(C)C)OC4)cc1. The summed E-state index contributed by atoms with van der Waals surface area (Å²) in [6, 6.07) is 15.5. The first kappa shape index (κ1) is 24.7. The first-order valence-electron chi connectivity index (χ1n) is 12.1. The summed E-state index contributed by atoms with van der Waals surface area (Å²) in [7, 11) is 0. The molecule has 1 atom stereocenters. The van der Waals surface area contributed by atoms with Crippen LogP contribution in [-0.4, -0.2) is 27.3 Å². The molecule has 0 bridgehead atoms. The molecule has 1 aliphatic rings. The fourth-order valence-electron chi connectivity index (χ4n) is 4.42. The number of aryl methyl sites for hydroxylation is 2. The summed E-state index contributed by atoms with van der Waals surface area (Å²) in [4.78, 5) is 33.5. The highest BCUT2D eigenvalue weighted by Crippen LogP contribution is 2.36. The highest BCUT2D eigenvalue weighted by atomic mass is 32.2. The lowest BCUT2D eigenvalue weighted by molar-refractivity contribution is -0.113. The third-order valence-electron chi connectivity index (χ3n) is 6.48. The Kier molecular flexibility index (Phi) is 7.01. The summed E-state index contributed by atoms with van der Waals surface area (Å²) in [6.07, 6.45) is 0.796. The van der Waals surface area contributed by atoms with Gasteiger partial charge >= 0.3 is 0 Å². The topological polar surface area (TPSA) is 73.2 Å². The van der Waals surface area contributed by atoms with Crippen molar-refractivity contribution >= 4 is 44.9 Å². The Balaban J connectivity index is 1.54. The highest BCUT2D eigenvalue weighted by Gasteiger charge is 2.29. The number of carbonyl (C=O) groups is 1. The van der Waals surface area contributed by atoms with Gasteiger partial charge in [0.15, 0.2) is 5.16 Å². The van der Waals surface area contributed by atoms with E-state index in [0.29, 0.717) is 34.3 Å². The second-order valence-corrected chi connectivity index (χ2v) is 11.5. The van der Waals surface area contributed by atoms with Gasteiger partial charge in [0.25, 0.3) is 5.56 Å². The predicted molar refractivity (Wildman–Crippen MR) is 148 cm³/mol. The number of benzene rings is 2. The molecule has 0 spiro atoms. The summed E-state index contributed by atoms with van der Waals surface area (Å²) in [6.45, 7) is 8.78. The van der Waals surface area contributed by atoms with Crippen LogP contribution in [0.5, 0.6) is 0 Å². The maximum absolute atomic E-state index is 14.1. The first-order chi connectivity index (χ1) is 17.3. The van der Waals surface area contributed by atoms with E-state index >= 15 is 0 Å². The van der Waals surface area contributed by atoms with Crippen molar-refractivity contribution in [3.05, 3.63) is 80.5 Å². The van der Waals surface area contributed by atoms with Gasteiger partial charge < -0.3 is 10.1 Å². The quantitative estimate of drug-likeness (QED) is 0.254. The number of anilines is 1. The van der Waals surface area contributed by atoms with Gasteiger partial charge in [0.05, 0.1) is 29.5 Å². The number of ether oxygens (including phenoxy) is 1. The molecule has 0 unspecified atom stereocenters. The van der Waals surface area contributed by atoms with Crippen LogP contribution in [-0.2, 0) is 22.6 Å². The maximum atomic E-state index is 14.1. The number of nitrogens with one attached hydrogen (secondary N) is 1. The maximum Gasteiger partial charge on any atom is 0.267 e. The molecule has 6 nitrogen and oxygen atoms in total. The number of hydrogen-bond donors (Lipinski definition) is 1. The molecule has 0 radical (unpaired) electrons. The molecule has 4 aromatic rings. The van der Waals surface area contributed by atoms with Crippen LogP contribution < -0.4 is 10.9 Å². The second kappa shape index (κ2) is 10.2. The van der Waals surface area contributed by atoms with E-state index in [9.17, 15) is 9.59 Å². The number of aromatic nitrogens is 2. The predicted octanol–water partition coefficient (Wildman–Crippen LogP) is 5.89. The van der Waals surface area contributed by atoms with Crippen LogP contribution >= 0.6 is 23.1 Å². The van der Waals surface area contributed by atoms with Crippen LogP contribution in [0.25, 0.3) is 15.9 Å². The Morgan fingerprint density at radius 2 is 1.94 bits per heavy atom. The Labute approximate surface area is 218 Å². The van der Waals surface area contributed by atoms with Crippen LogP contribution in [0.2, 0.25) is 0 Å². The summed E-state index contributed by atoms with van der Waals surface area (Å²) < 4.78 is 7.73. The van der Waals surface area contributed by atoms with E-state index in [1.54, 1.807) is 4.57 Å². The van der Waals surface area contributed by atoms with Gasteiger partial charge in [-0.15, -0.1) is 11.3 Å². The molecule has 1 aliphatic heterocycles. The fourth-order valence-corrected chi connectivity index (χ4v) is 6.39. The molecule has 5 rings (SSSR count). The van der Waals surface area contributed by atoms with Crippen LogP contribution in [0, 0.1) is 19.8 Å². The monoisotopic (exact) mass is 519 g/mol. The molecular formula is C28H29N3O3S2. The van der Waals surface area contributed by atoms with Gasteiger partial charge in [-0.2, -0.15) is 0 Å². The molecule has 0 saturated heterocycles. The molecule has 8 heteroatoms. The molecule has 186 valence electrons. The normalized spacial score (nSPS) is 15.3. The average Bonchev–Trinajstić information content (AvgIpc) is 3.23. The lowest BCUT2D eigenvalue weighted by Gasteiger charge is -2.26. The number of hydrogen-bond acceptors (Lipinski definition) is 6. The third kappa shape index (κ3) is 4.85. The molecule has 1 N–H and O–H groups in total. The van der Waals surface area contributed by atoms with Crippen LogP contribution in [0.4, 0.5) is 5.69 Å². The van der Waals surface area contributed by atoms with E-state index in [0.717, 1.165) is 32.9 Å². The number of para-hydroxylation sites is 1. The van der Waals surface area contributed by atoms with Crippen molar-refractivity contribution in [1.82, 2.24) is 9.55 Å². The van der Waals surface area contributed by atoms with Gasteiger partial charge in [-0.25, -0.2) is 4.98 Å². The van der Waals surface area contributed by atoms with Gasteiger partial charge in [-0.05, 0) is 49.1 Å². The van der Waals surface area contributed by atoms with Crippen molar-refractivity contribution in [2.24, 2.45) is 5.92 Å². The van der Waals surface area contributed by atoms with Crippen molar-refractivity contribution in [2.75, 3.05) is 11.1 Å². The summed E-state index contributed by atoms with van der Waals surface area (Å²) in [5.74, 6) is 0.358. The molecular weight excluding hydrogens is 490 g/mol. The molecule has 2 aromatic heterocycles. The summed E-state index contributed by atoms with van der Waals surface area (Å²) >= 11 is 2.80. The molecule has 0 saturated carbocycles. The van der Waals surface area contributed by atoms with Gasteiger partial charge in [0.2, 0.25) is 5.91 Å². The van der Waals surface area contributed by atoms with E-state index in [2.05, 4.69) is 19.2 Å². The van der Waals surface area contributed by atoms with Gasteiger partial charge in [-0.1, -0.05) is 61.5 Å². The number of thiophene rings is 1. The molecule has 2 aromatic carbocycles. The third-order valence-corrected chi connectivity index (χ3v) is 8.52. The lowest BCUT2D eigenvalue weighted by Crippen LogP contribution is -2.28. The standard InChI is InChI=1S/C28H29N3O3S2/c1-16(2)22-13-20-23(14-34-22)36-26-25(20)27(33)31(21-8-6-5-7-18(21)4)28(30-26)35-15-24(32)29-19-11-9-17(3)10-12-19/h5-12,16,22H,13-15H2,1-4H3,(H,29,32)/t22-/m1/s1. The van der Waals surface area contributed by atoms with E-state index in [4.69, 9.17) is 9.72 Å². The minimum absolute atomic E-state index is 0.0844. The molecule has 0 fully saturated rings. The zero-order chi connectivity index (χ0) is 25.4. The van der Waals surface area contributed by atoms with Crippen LogP contribution in [0.15, 0.2) is 58.5 Å². The Bertz CT molecular complexity index is 1490. The summed E-state index contributed by atoms with van der Waals surface area (Å²) in [5, 5.41) is 4.12. The smallest absolute Gasteiger partial charge is 0.267 e. The van der Waals surface area contributed by atoms with Crippen molar-refractivity contribution in [3.63, 3.8) is 0 Å². The number of rotatable bonds is 6. The Morgan fingerprint density at radius 1 is 1.19 bits per heavy atom. The van der Waals surface area contributed by atoms with E-state index < -0.39 is 0 Å². The first-order valence-corrected chi connectivity index (χ1v) is 13.9. The van der Waals surface area contributed by atoms with Crippen molar-refractivity contribution in [2.45, 2.75) is 52.0 Å². The number of carbonyl (C=O) groups excluding carboxylic acids is 1. The van der Waals surface area contributed by atoms with Crippen LogP contribution in [0.3, 0.4) is 0 Å². The minimum atomic E-state index is -0.145. The van der Waals surface area contributed by atoms with Crippen molar-refractivity contribution in [1.29, 1.82) is 0 Å². The average molecular weight is 520 g/mol. The Hall–Kier alpha value is -2.94. The number of thioether (sulfide) groups is 1. The van der Waals surface area contributed by atoms with Gasteiger partial charge in [0.1, 0.15) is 4.83 Å². The van der Waals surface area contributed by atoms with E-state index in [1.807, 2.05) is 62.4 Å². The van der Waals surface area contributed by atoms with Crippen LogP contribution in [0.1, 0.15) is 35.4 Å². The van der Waals surface area contributed by atoms with Gasteiger partial charge in [0, 0.05) is 17.0 Å². The number of amides is 1. The molecule has 36 heavy (non-hydrogen) atoms. The van der Waals surface area contributed by atoms with Gasteiger partial charge in [-0.3, -0.25) is 14.2 Å². The van der Waals surface area contributed by atoms with Crippen molar-refractivity contribution in [3.8, 4) is 5.69 Å². The highest BCUT2D eigenvalue weighted by molar-refractivity contribution is 7.99. The number of fused-ring (bicyclic) bond motifs is 3. The zero-order valence-corrected chi connectivity index (χ0v) is 22.5. The van der Waals surface area contributed by atoms with Crippen molar-refractivity contribution < 1.29 is 9.53 Å². The lowest BCUT2D eigenvalue weighted by atomic mass is 9.96. The minimum Gasteiger partial charge on any atom is -0.372 e. The fraction of sp³-hybridized carbons (Fsp3) is 0.321. The Morgan fingerprint density at radius 3 is 2.67 bits per heavy atom. The number of nitrogens with zero attached hydrogens (tertiary/aromatic N) is 2. The zero-order valence-electron chi connectivity index (χ0n) is 20.8. The second-order valence-electron chi connectivity index (χ2n) is 9.51. The molecule has 3 heterocycles. The van der Waals surface area contributed by atoms with E-state index in [1.165, 1.54) is 23.1 Å². The molecule has 1 amide bonds. The largest absolute Gasteiger partial charge is 0.372 e.